The maximum atomic E-state index is 12.6. The van der Waals surface area contributed by atoms with Gasteiger partial charge in [-0.3, -0.25) is 14.3 Å². The third-order valence-corrected chi connectivity index (χ3v) is 4.07. The van der Waals surface area contributed by atoms with E-state index >= 15 is 0 Å². The topological polar surface area (TPSA) is 72.7 Å². The van der Waals surface area contributed by atoms with Crippen LogP contribution in [0.25, 0.3) is 11.2 Å². The molecular formula is C15H12ClF3N4O2. The zero-order chi connectivity index (χ0) is 18.4. The second kappa shape index (κ2) is 6.07. The highest BCUT2D eigenvalue weighted by molar-refractivity contribution is 6.16. The van der Waals surface area contributed by atoms with Crippen molar-refractivity contribution in [2.45, 2.75) is 18.6 Å². The number of hydrogen-bond acceptors (Lipinski definition) is 3. The van der Waals surface area contributed by atoms with Crippen molar-refractivity contribution in [3.05, 3.63) is 62.1 Å². The Hall–Kier alpha value is -2.55. The molecule has 0 aliphatic rings. The van der Waals surface area contributed by atoms with Gasteiger partial charge in [0.25, 0.3) is 5.56 Å². The number of nitrogens with one attached hydrogen (secondary N) is 1. The van der Waals surface area contributed by atoms with Crippen molar-refractivity contribution < 1.29 is 13.2 Å². The van der Waals surface area contributed by atoms with E-state index < -0.39 is 23.0 Å². The molecule has 0 spiro atoms. The number of aromatic amines is 1. The van der Waals surface area contributed by atoms with E-state index in [1.807, 2.05) is 0 Å². The van der Waals surface area contributed by atoms with Crippen molar-refractivity contribution >= 4 is 22.8 Å². The Labute approximate surface area is 143 Å². The van der Waals surface area contributed by atoms with Crippen LogP contribution in [0.2, 0.25) is 0 Å². The van der Waals surface area contributed by atoms with Gasteiger partial charge >= 0.3 is 11.9 Å². The number of benzene rings is 1. The van der Waals surface area contributed by atoms with Crippen LogP contribution in [-0.2, 0) is 25.6 Å². The zero-order valence-corrected chi connectivity index (χ0v) is 13.6. The number of fused-ring (bicyclic) bond motifs is 1. The molecule has 0 bridgehead atoms. The van der Waals surface area contributed by atoms with Gasteiger partial charge in [-0.15, -0.1) is 11.6 Å². The van der Waals surface area contributed by atoms with Gasteiger partial charge < -0.3 is 4.57 Å². The summed E-state index contributed by atoms with van der Waals surface area (Å²) in [6.45, 7) is 0.0952. The van der Waals surface area contributed by atoms with Crippen LogP contribution < -0.4 is 11.2 Å². The molecule has 0 atom stereocenters. The summed E-state index contributed by atoms with van der Waals surface area (Å²) in [4.78, 5) is 30.2. The van der Waals surface area contributed by atoms with Crippen molar-refractivity contribution in [2.75, 3.05) is 0 Å². The molecule has 0 amide bonds. The molecule has 3 rings (SSSR count). The fourth-order valence-corrected chi connectivity index (χ4v) is 2.74. The fraction of sp³-hybridized carbons (Fsp3) is 0.267. The van der Waals surface area contributed by atoms with Crippen LogP contribution in [0.1, 0.15) is 17.0 Å². The van der Waals surface area contributed by atoms with E-state index in [1.165, 1.54) is 28.3 Å². The first-order chi connectivity index (χ1) is 11.7. The molecule has 0 saturated carbocycles. The number of alkyl halides is 4. The summed E-state index contributed by atoms with van der Waals surface area (Å²) in [5.41, 5.74) is -1.17. The Morgan fingerprint density at radius 1 is 1.20 bits per heavy atom. The van der Waals surface area contributed by atoms with Crippen LogP contribution in [0, 0.1) is 0 Å². The molecule has 1 N–H and O–H groups in total. The standard InChI is InChI=1S/C15H12ClF3N4O2/c1-22-12-11(13(24)21-14(22)25)23(10(6-16)20-12)7-8-2-4-9(5-3-8)15(17,18)19/h2-5H,6-7H2,1H3,(H,21,24,25). The van der Waals surface area contributed by atoms with Crippen molar-refractivity contribution in [3.8, 4) is 0 Å². The lowest BCUT2D eigenvalue weighted by Crippen LogP contribution is -2.29. The Morgan fingerprint density at radius 3 is 2.40 bits per heavy atom. The third-order valence-electron chi connectivity index (χ3n) is 3.83. The monoisotopic (exact) mass is 372 g/mol. The first-order valence-corrected chi connectivity index (χ1v) is 7.66. The average molecular weight is 373 g/mol. The summed E-state index contributed by atoms with van der Waals surface area (Å²) in [5, 5.41) is 0. The van der Waals surface area contributed by atoms with E-state index in [1.54, 1.807) is 0 Å². The molecule has 3 aromatic rings. The molecule has 0 unspecified atom stereocenters. The Bertz CT molecular complexity index is 1050. The second-order valence-electron chi connectivity index (χ2n) is 5.43. The molecule has 0 saturated heterocycles. The van der Waals surface area contributed by atoms with Crippen molar-refractivity contribution in [2.24, 2.45) is 7.05 Å². The van der Waals surface area contributed by atoms with Gasteiger partial charge in [0.1, 0.15) is 5.82 Å². The summed E-state index contributed by atoms with van der Waals surface area (Å²) in [6, 6.07) is 4.58. The first-order valence-electron chi connectivity index (χ1n) is 7.13. The number of halogens is 4. The second-order valence-corrected chi connectivity index (χ2v) is 5.70. The number of imidazole rings is 1. The number of aromatic nitrogens is 4. The molecule has 1 aromatic carbocycles. The van der Waals surface area contributed by atoms with E-state index in [4.69, 9.17) is 11.6 Å². The summed E-state index contributed by atoms with van der Waals surface area (Å²) in [5.74, 6) is 0.312. The molecule has 2 heterocycles. The summed E-state index contributed by atoms with van der Waals surface area (Å²) in [7, 11) is 1.45. The van der Waals surface area contributed by atoms with Gasteiger partial charge in [-0.05, 0) is 17.7 Å². The van der Waals surface area contributed by atoms with Crippen LogP contribution in [0.15, 0.2) is 33.9 Å². The number of rotatable bonds is 3. The van der Waals surface area contributed by atoms with Gasteiger partial charge in [0.05, 0.1) is 11.4 Å². The minimum absolute atomic E-state index is 0.0249. The molecule has 0 aliphatic carbocycles. The summed E-state index contributed by atoms with van der Waals surface area (Å²) >= 11 is 5.87. The van der Waals surface area contributed by atoms with Gasteiger partial charge in [0.2, 0.25) is 0 Å². The largest absolute Gasteiger partial charge is 0.416 e. The molecule has 10 heteroatoms. The van der Waals surface area contributed by atoms with Crippen LogP contribution >= 0.6 is 11.6 Å². The molecule has 0 fully saturated rings. The predicted molar refractivity (Wildman–Crippen MR) is 85.7 cm³/mol. The van der Waals surface area contributed by atoms with Crippen molar-refractivity contribution in [1.29, 1.82) is 0 Å². The SMILES string of the molecule is Cn1c(=O)[nH]c(=O)c2c1nc(CCl)n2Cc1ccc(C(F)(F)F)cc1. The molecule has 2 aromatic heterocycles. The average Bonchev–Trinajstić information content (AvgIpc) is 2.91. The lowest BCUT2D eigenvalue weighted by Gasteiger charge is -2.10. The molecule has 25 heavy (non-hydrogen) atoms. The minimum Gasteiger partial charge on any atom is -0.317 e. The van der Waals surface area contributed by atoms with Crippen LogP contribution in [-0.4, -0.2) is 19.1 Å². The number of hydrogen-bond donors (Lipinski definition) is 1. The maximum absolute atomic E-state index is 12.6. The fourth-order valence-electron chi connectivity index (χ4n) is 2.53. The van der Waals surface area contributed by atoms with Gasteiger partial charge in [-0.25, -0.2) is 9.78 Å². The lowest BCUT2D eigenvalue weighted by molar-refractivity contribution is -0.137. The van der Waals surface area contributed by atoms with Crippen LogP contribution in [0.5, 0.6) is 0 Å². The Morgan fingerprint density at radius 2 is 1.84 bits per heavy atom. The maximum Gasteiger partial charge on any atom is 0.416 e. The highest BCUT2D eigenvalue weighted by Gasteiger charge is 2.30. The summed E-state index contributed by atoms with van der Waals surface area (Å²) < 4.78 is 40.6. The van der Waals surface area contributed by atoms with Crippen molar-refractivity contribution in [1.82, 2.24) is 19.1 Å². The highest BCUT2D eigenvalue weighted by atomic mass is 35.5. The van der Waals surface area contributed by atoms with Gasteiger partial charge in [0.15, 0.2) is 11.2 Å². The number of H-pyrrole nitrogens is 1. The van der Waals surface area contributed by atoms with E-state index in [9.17, 15) is 22.8 Å². The Balaban J connectivity index is 2.11. The quantitative estimate of drug-likeness (QED) is 0.717. The molecule has 6 nitrogen and oxygen atoms in total. The smallest absolute Gasteiger partial charge is 0.317 e. The summed E-state index contributed by atoms with van der Waals surface area (Å²) in [6.07, 6.45) is -4.42. The third kappa shape index (κ3) is 3.07. The zero-order valence-electron chi connectivity index (χ0n) is 12.9. The predicted octanol–water partition coefficient (Wildman–Crippen LogP) is 2.23. The first kappa shape index (κ1) is 17.3. The van der Waals surface area contributed by atoms with E-state index in [2.05, 4.69) is 9.97 Å². The lowest BCUT2D eigenvalue weighted by atomic mass is 10.1. The number of aryl methyl sites for hydroxylation is 1. The van der Waals surface area contributed by atoms with Crippen LogP contribution in [0.3, 0.4) is 0 Å². The van der Waals surface area contributed by atoms with Gasteiger partial charge in [0, 0.05) is 13.6 Å². The van der Waals surface area contributed by atoms with Crippen LogP contribution in [0.4, 0.5) is 13.2 Å². The van der Waals surface area contributed by atoms with E-state index in [-0.39, 0.29) is 23.6 Å². The van der Waals surface area contributed by atoms with Gasteiger partial charge in [-0.2, -0.15) is 13.2 Å². The minimum atomic E-state index is -4.42. The molecular weight excluding hydrogens is 361 g/mol. The molecule has 0 radical (unpaired) electrons. The normalized spacial score (nSPS) is 12.0. The van der Waals surface area contributed by atoms with Crippen molar-refractivity contribution in [3.63, 3.8) is 0 Å². The molecule has 132 valence electrons. The highest BCUT2D eigenvalue weighted by Crippen LogP contribution is 2.29. The van der Waals surface area contributed by atoms with E-state index in [0.29, 0.717) is 11.4 Å². The Kier molecular flexibility index (Phi) is 4.19. The molecule has 0 aliphatic heterocycles. The van der Waals surface area contributed by atoms with Gasteiger partial charge in [-0.1, -0.05) is 12.1 Å². The van der Waals surface area contributed by atoms with E-state index in [0.717, 1.165) is 12.1 Å². The number of nitrogens with zero attached hydrogens (tertiary/aromatic N) is 3.